The second-order valence-electron chi connectivity index (χ2n) is 2.71. The van der Waals surface area contributed by atoms with Crippen molar-refractivity contribution in [3.8, 4) is 11.8 Å². The van der Waals surface area contributed by atoms with Gasteiger partial charge in [-0.25, -0.2) is 0 Å². The van der Waals surface area contributed by atoms with E-state index in [0.29, 0.717) is 14.9 Å². The maximum atomic E-state index is 10.8. The molecule has 0 aliphatic carbocycles. The number of hydrogen-bond donors (Lipinski definition) is 0. The molecule has 6 heteroatoms. The monoisotopic (exact) mass is 318 g/mol. The number of methoxy groups -OCH3 is 1. The van der Waals surface area contributed by atoms with Crippen molar-refractivity contribution < 1.29 is 9.66 Å². The Morgan fingerprint density at radius 2 is 2.33 bits per heavy atom. The van der Waals surface area contributed by atoms with E-state index in [1.807, 2.05) is 28.7 Å². The minimum atomic E-state index is -0.478. The molecule has 1 aromatic carbocycles. The van der Waals surface area contributed by atoms with E-state index < -0.39 is 4.92 Å². The summed E-state index contributed by atoms with van der Waals surface area (Å²) in [5.74, 6) is 0.523. The number of hydrogen-bond acceptors (Lipinski definition) is 4. The van der Waals surface area contributed by atoms with E-state index in [1.54, 1.807) is 6.07 Å². The van der Waals surface area contributed by atoms with E-state index in [2.05, 4.69) is 0 Å². The van der Waals surface area contributed by atoms with Crippen LogP contribution in [0.2, 0.25) is 0 Å². The molecule has 0 saturated carbocycles. The van der Waals surface area contributed by atoms with Gasteiger partial charge in [-0.3, -0.25) is 10.1 Å². The summed E-state index contributed by atoms with van der Waals surface area (Å²) in [6, 6.07) is 4.98. The number of nitro benzene ring substituents is 1. The Balaban J connectivity index is 3.36. The third-order valence-corrected chi connectivity index (χ3v) is 2.63. The highest BCUT2D eigenvalue weighted by molar-refractivity contribution is 14.1. The Morgan fingerprint density at radius 1 is 1.67 bits per heavy atom. The summed E-state index contributed by atoms with van der Waals surface area (Å²) in [5.41, 5.74) is 0.365. The molecular formula is C9H7IN2O3. The molecule has 0 spiro atoms. The largest absolute Gasteiger partial charge is 0.497 e. The summed E-state index contributed by atoms with van der Waals surface area (Å²) in [6.45, 7) is 0. The fraction of sp³-hybridized carbons (Fsp3) is 0.222. The molecule has 0 amide bonds. The molecule has 0 bridgehead atoms. The van der Waals surface area contributed by atoms with Gasteiger partial charge in [-0.2, -0.15) is 5.26 Å². The number of benzene rings is 1. The second kappa shape index (κ2) is 4.93. The summed E-state index contributed by atoms with van der Waals surface area (Å²) in [7, 11) is 1.48. The minimum Gasteiger partial charge on any atom is -0.497 e. The van der Waals surface area contributed by atoms with Gasteiger partial charge in [-0.1, -0.05) is 0 Å². The Morgan fingerprint density at radius 3 is 2.80 bits per heavy atom. The summed E-state index contributed by atoms with van der Waals surface area (Å²) in [5, 5.41) is 19.3. The molecule has 0 radical (unpaired) electrons. The first kappa shape index (κ1) is 11.7. The summed E-state index contributed by atoms with van der Waals surface area (Å²) in [4.78, 5) is 10.3. The van der Waals surface area contributed by atoms with Crippen LogP contribution in [0.4, 0.5) is 5.69 Å². The van der Waals surface area contributed by atoms with Gasteiger partial charge in [0.05, 0.1) is 28.1 Å². The minimum absolute atomic E-state index is 0.00349. The first-order valence-electron chi connectivity index (χ1n) is 3.98. The third kappa shape index (κ3) is 2.56. The fourth-order valence-electron chi connectivity index (χ4n) is 1.17. The van der Waals surface area contributed by atoms with Crippen LogP contribution in [-0.4, -0.2) is 12.0 Å². The van der Waals surface area contributed by atoms with Crippen LogP contribution in [0, 0.1) is 25.0 Å². The number of nitrogens with zero attached hydrogens (tertiary/aromatic N) is 2. The van der Waals surface area contributed by atoms with Crippen LogP contribution in [0.25, 0.3) is 0 Å². The quantitative estimate of drug-likeness (QED) is 0.487. The van der Waals surface area contributed by atoms with Crippen molar-refractivity contribution in [2.75, 3.05) is 7.11 Å². The zero-order valence-corrected chi connectivity index (χ0v) is 10.0. The number of nitro groups is 1. The molecule has 5 nitrogen and oxygen atoms in total. The topological polar surface area (TPSA) is 76.2 Å². The van der Waals surface area contributed by atoms with E-state index >= 15 is 0 Å². The van der Waals surface area contributed by atoms with Gasteiger partial charge in [0.15, 0.2) is 0 Å². The van der Waals surface area contributed by atoms with Crippen LogP contribution >= 0.6 is 22.6 Å². The van der Waals surface area contributed by atoms with Gasteiger partial charge in [0.2, 0.25) is 0 Å². The predicted octanol–water partition coefficient (Wildman–Crippen LogP) is 2.27. The zero-order valence-electron chi connectivity index (χ0n) is 7.86. The fourth-order valence-corrected chi connectivity index (χ4v) is 2.02. The molecule has 1 aromatic rings. The van der Waals surface area contributed by atoms with Crippen LogP contribution in [0.3, 0.4) is 0 Å². The molecule has 0 saturated heterocycles. The van der Waals surface area contributed by atoms with Crippen molar-refractivity contribution in [1.29, 1.82) is 5.26 Å². The Kier molecular flexibility index (Phi) is 3.85. The normalized spacial score (nSPS) is 9.40. The van der Waals surface area contributed by atoms with E-state index in [0.717, 1.165) is 0 Å². The van der Waals surface area contributed by atoms with Crippen molar-refractivity contribution in [3.63, 3.8) is 0 Å². The highest BCUT2D eigenvalue weighted by Gasteiger charge is 2.19. The molecule has 0 heterocycles. The zero-order chi connectivity index (χ0) is 11.4. The van der Waals surface area contributed by atoms with E-state index in [1.165, 1.54) is 13.2 Å². The molecule has 1 rings (SSSR count). The van der Waals surface area contributed by atoms with Gasteiger partial charge >= 0.3 is 0 Å². The van der Waals surface area contributed by atoms with E-state index in [4.69, 9.17) is 10.00 Å². The average molecular weight is 318 g/mol. The lowest BCUT2D eigenvalue weighted by Crippen LogP contribution is -1.99. The maximum Gasteiger partial charge on any atom is 0.287 e. The van der Waals surface area contributed by atoms with Crippen molar-refractivity contribution in [3.05, 3.63) is 31.4 Å². The SMILES string of the molecule is COc1cc(I)c([N+](=O)[O-])c(CC#N)c1. The maximum absolute atomic E-state index is 10.8. The lowest BCUT2D eigenvalue weighted by atomic mass is 10.1. The van der Waals surface area contributed by atoms with Crippen molar-refractivity contribution in [1.82, 2.24) is 0 Å². The molecule has 0 N–H and O–H groups in total. The van der Waals surface area contributed by atoms with Crippen LogP contribution < -0.4 is 4.74 Å². The molecule has 0 unspecified atom stereocenters. The number of halogens is 1. The first-order chi connectivity index (χ1) is 7.10. The van der Waals surface area contributed by atoms with Crippen LogP contribution in [0.5, 0.6) is 5.75 Å². The average Bonchev–Trinajstić information content (AvgIpc) is 2.16. The molecule has 0 aliphatic rings. The number of ether oxygens (including phenoxy) is 1. The molecule has 15 heavy (non-hydrogen) atoms. The van der Waals surface area contributed by atoms with Crippen LogP contribution in [0.15, 0.2) is 12.1 Å². The van der Waals surface area contributed by atoms with Crippen LogP contribution in [-0.2, 0) is 6.42 Å². The number of nitriles is 1. The summed E-state index contributed by atoms with van der Waals surface area (Å²) >= 11 is 1.86. The first-order valence-corrected chi connectivity index (χ1v) is 5.05. The molecule has 78 valence electrons. The van der Waals surface area contributed by atoms with E-state index in [9.17, 15) is 10.1 Å². The van der Waals surface area contributed by atoms with Gasteiger partial charge in [0.25, 0.3) is 5.69 Å². The van der Waals surface area contributed by atoms with Gasteiger partial charge < -0.3 is 4.74 Å². The second-order valence-corrected chi connectivity index (χ2v) is 3.87. The smallest absolute Gasteiger partial charge is 0.287 e. The lowest BCUT2D eigenvalue weighted by Gasteiger charge is -2.05. The third-order valence-electron chi connectivity index (χ3n) is 1.80. The Labute approximate surface area is 99.9 Å². The summed E-state index contributed by atoms with van der Waals surface area (Å²) in [6.07, 6.45) is 0.00349. The van der Waals surface area contributed by atoms with Gasteiger partial charge in [0.1, 0.15) is 5.75 Å². The molecule has 0 aliphatic heterocycles. The highest BCUT2D eigenvalue weighted by atomic mass is 127. The predicted molar refractivity (Wildman–Crippen MR) is 61.7 cm³/mol. The van der Waals surface area contributed by atoms with Gasteiger partial charge in [-0.15, -0.1) is 0 Å². The van der Waals surface area contributed by atoms with Crippen molar-refractivity contribution in [2.45, 2.75) is 6.42 Å². The van der Waals surface area contributed by atoms with Crippen molar-refractivity contribution >= 4 is 28.3 Å². The number of rotatable bonds is 3. The highest BCUT2D eigenvalue weighted by Crippen LogP contribution is 2.30. The Hall–Kier alpha value is -1.36. The van der Waals surface area contributed by atoms with Gasteiger partial charge in [0, 0.05) is 11.6 Å². The van der Waals surface area contributed by atoms with Gasteiger partial charge in [-0.05, 0) is 28.7 Å². The molecule has 0 aromatic heterocycles. The van der Waals surface area contributed by atoms with Crippen molar-refractivity contribution in [2.24, 2.45) is 0 Å². The lowest BCUT2D eigenvalue weighted by molar-refractivity contribution is -0.386. The molecule has 0 atom stereocenters. The molecule has 0 fully saturated rings. The summed E-state index contributed by atoms with van der Waals surface area (Å²) < 4.78 is 5.45. The van der Waals surface area contributed by atoms with E-state index in [-0.39, 0.29) is 12.1 Å². The molecular weight excluding hydrogens is 311 g/mol. The Bertz CT molecular complexity index is 440. The standard InChI is InChI=1S/C9H7IN2O3/c1-15-7-4-6(2-3-11)9(12(13)14)8(10)5-7/h4-5H,2H2,1H3. The van der Waals surface area contributed by atoms with Crippen LogP contribution in [0.1, 0.15) is 5.56 Å².